The molecule has 172 valence electrons. The Morgan fingerprint density at radius 2 is 1.84 bits per heavy atom. The monoisotopic (exact) mass is 437 g/mol. The highest BCUT2D eigenvalue weighted by Crippen LogP contribution is 2.36. The fraction of sp³-hybridized carbons (Fsp3) is 0.519. The number of carbonyl (C=O) groups is 1. The Morgan fingerprint density at radius 3 is 2.56 bits per heavy atom. The van der Waals surface area contributed by atoms with Crippen molar-refractivity contribution < 1.29 is 19.0 Å². The van der Waals surface area contributed by atoms with Crippen LogP contribution in [0.2, 0.25) is 0 Å². The summed E-state index contributed by atoms with van der Waals surface area (Å²) >= 11 is 0. The second kappa shape index (κ2) is 10.3. The predicted octanol–water partition coefficient (Wildman–Crippen LogP) is 5.53. The van der Waals surface area contributed by atoms with Crippen LogP contribution < -0.4 is 19.5 Å². The summed E-state index contributed by atoms with van der Waals surface area (Å²) in [6, 6.07) is 12.4. The molecule has 2 aromatic carbocycles. The summed E-state index contributed by atoms with van der Waals surface area (Å²) in [7, 11) is 0. The third-order valence-corrected chi connectivity index (χ3v) is 6.62. The quantitative estimate of drug-likeness (QED) is 0.618. The van der Waals surface area contributed by atoms with Crippen LogP contribution >= 0.6 is 0 Å². The van der Waals surface area contributed by atoms with Crippen molar-refractivity contribution in [3.8, 4) is 17.2 Å². The lowest BCUT2D eigenvalue weighted by atomic mass is 9.95. The molecule has 4 rings (SSSR count). The van der Waals surface area contributed by atoms with E-state index in [4.69, 9.17) is 14.2 Å². The molecular weight excluding hydrogens is 402 g/mol. The lowest BCUT2D eigenvalue weighted by Gasteiger charge is -2.17. The van der Waals surface area contributed by atoms with Crippen molar-refractivity contribution in [2.75, 3.05) is 13.2 Å². The number of amides is 1. The Hall–Kier alpha value is -2.69. The number of benzene rings is 2. The number of carbonyl (C=O) groups excluding carboxylic acids is 1. The van der Waals surface area contributed by atoms with Gasteiger partial charge < -0.3 is 19.5 Å². The zero-order valence-corrected chi connectivity index (χ0v) is 19.5. The summed E-state index contributed by atoms with van der Waals surface area (Å²) in [5, 5.41) is 2.91. The standard InChI is InChI=1S/C27H35NO4/c1-18-15-26-27(31-14-4-13-30-26)17-23(18)7-5-21-6-10-25(16-21)32-24-11-8-22(9-12-24)19(2)28-20(3)29/h8-9,11-12,15,17,19,21,25H,4-7,10,13-14,16H2,1-3H3,(H,28,29). The molecule has 1 saturated carbocycles. The average Bonchev–Trinajstić information content (AvgIpc) is 3.08. The van der Waals surface area contributed by atoms with Crippen molar-refractivity contribution in [2.24, 2.45) is 5.92 Å². The summed E-state index contributed by atoms with van der Waals surface area (Å²) in [4.78, 5) is 11.2. The number of hydrogen-bond donors (Lipinski definition) is 1. The van der Waals surface area contributed by atoms with E-state index in [1.54, 1.807) is 6.92 Å². The van der Waals surface area contributed by atoms with E-state index in [-0.39, 0.29) is 18.1 Å². The summed E-state index contributed by atoms with van der Waals surface area (Å²) in [5.74, 6) is 3.36. The highest BCUT2D eigenvalue weighted by atomic mass is 16.5. The van der Waals surface area contributed by atoms with Gasteiger partial charge in [-0.05, 0) is 92.8 Å². The second-order valence-electron chi connectivity index (χ2n) is 9.22. The zero-order valence-electron chi connectivity index (χ0n) is 19.5. The molecule has 3 atom stereocenters. The molecule has 1 heterocycles. The lowest BCUT2D eigenvalue weighted by Crippen LogP contribution is -2.23. The zero-order chi connectivity index (χ0) is 22.5. The maximum atomic E-state index is 11.2. The molecule has 0 saturated heterocycles. The third kappa shape index (κ3) is 5.76. The van der Waals surface area contributed by atoms with Crippen LogP contribution in [0, 0.1) is 12.8 Å². The van der Waals surface area contributed by atoms with Gasteiger partial charge >= 0.3 is 0 Å². The molecule has 5 heteroatoms. The summed E-state index contributed by atoms with van der Waals surface area (Å²) < 4.78 is 17.9. The molecule has 32 heavy (non-hydrogen) atoms. The first-order chi connectivity index (χ1) is 15.5. The fourth-order valence-corrected chi connectivity index (χ4v) is 4.80. The van der Waals surface area contributed by atoms with Gasteiger partial charge in [-0.25, -0.2) is 0 Å². The Bertz CT molecular complexity index is 924. The third-order valence-electron chi connectivity index (χ3n) is 6.62. The van der Waals surface area contributed by atoms with E-state index in [9.17, 15) is 4.79 Å². The van der Waals surface area contributed by atoms with Gasteiger partial charge in [0.15, 0.2) is 11.5 Å². The largest absolute Gasteiger partial charge is 0.490 e. The number of fused-ring (bicyclic) bond motifs is 1. The van der Waals surface area contributed by atoms with E-state index in [0.717, 1.165) is 61.7 Å². The molecule has 0 aromatic heterocycles. The molecule has 2 aromatic rings. The van der Waals surface area contributed by atoms with Gasteiger partial charge in [-0.3, -0.25) is 4.79 Å². The molecule has 1 fully saturated rings. The molecule has 5 nitrogen and oxygen atoms in total. The molecule has 1 amide bonds. The average molecular weight is 438 g/mol. The predicted molar refractivity (Wildman–Crippen MR) is 126 cm³/mol. The van der Waals surface area contributed by atoms with E-state index in [1.807, 2.05) is 31.2 Å². The second-order valence-corrected chi connectivity index (χ2v) is 9.22. The molecule has 1 aliphatic heterocycles. The van der Waals surface area contributed by atoms with E-state index in [2.05, 4.69) is 24.4 Å². The topological polar surface area (TPSA) is 56.8 Å². The molecule has 2 aliphatic rings. The van der Waals surface area contributed by atoms with Gasteiger partial charge in [-0.2, -0.15) is 0 Å². The minimum Gasteiger partial charge on any atom is -0.490 e. The van der Waals surface area contributed by atoms with Crippen molar-refractivity contribution >= 4 is 5.91 Å². The summed E-state index contributed by atoms with van der Waals surface area (Å²) in [6.45, 7) is 7.15. The van der Waals surface area contributed by atoms with Gasteiger partial charge in [0.1, 0.15) is 5.75 Å². The number of nitrogens with one attached hydrogen (secondary N) is 1. The minimum absolute atomic E-state index is 0.00537. The van der Waals surface area contributed by atoms with Crippen LogP contribution in [-0.2, 0) is 11.2 Å². The first-order valence-electron chi connectivity index (χ1n) is 11.9. The van der Waals surface area contributed by atoms with Crippen LogP contribution in [0.4, 0.5) is 0 Å². The van der Waals surface area contributed by atoms with E-state index >= 15 is 0 Å². The molecule has 1 aliphatic carbocycles. The van der Waals surface area contributed by atoms with Gasteiger partial charge in [0.05, 0.1) is 25.4 Å². The van der Waals surface area contributed by atoms with E-state index in [1.165, 1.54) is 24.0 Å². The normalized spacial score (nSPS) is 21.0. The number of ether oxygens (including phenoxy) is 3. The Labute approximate surface area is 191 Å². The van der Waals surface area contributed by atoms with Crippen molar-refractivity contribution in [3.05, 3.63) is 53.1 Å². The number of aryl methyl sites for hydroxylation is 2. The highest BCUT2D eigenvalue weighted by molar-refractivity contribution is 5.73. The Balaban J connectivity index is 1.27. The maximum absolute atomic E-state index is 11.2. The molecule has 0 bridgehead atoms. The lowest BCUT2D eigenvalue weighted by molar-refractivity contribution is -0.119. The van der Waals surface area contributed by atoms with Crippen LogP contribution in [-0.4, -0.2) is 25.2 Å². The molecule has 0 radical (unpaired) electrons. The van der Waals surface area contributed by atoms with E-state index < -0.39 is 0 Å². The molecule has 3 unspecified atom stereocenters. The first kappa shape index (κ1) is 22.5. The molecular formula is C27H35NO4. The Morgan fingerprint density at radius 1 is 1.12 bits per heavy atom. The van der Waals surface area contributed by atoms with Crippen molar-refractivity contribution in [2.45, 2.75) is 71.4 Å². The fourth-order valence-electron chi connectivity index (χ4n) is 4.80. The summed E-state index contributed by atoms with van der Waals surface area (Å²) in [5.41, 5.74) is 3.73. The van der Waals surface area contributed by atoms with Crippen LogP contribution in [0.3, 0.4) is 0 Å². The van der Waals surface area contributed by atoms with Crippen LogP contribution in [0.25, 0.3) is 0 Å². The first-order valence-corrected chi connectivity index (χ1v) is 11.9. The van der Waals surface area contributed by atoms with Crippen LogP contribution in [0.15, 0.2) is 36.4 Å². The van der Waals surface area contributed by atoms with Crippen molar-refractivity contribution in [1.29, 1.82) is 0 Å². The van der Waals surface area contributed by atoms with Gasteiger partial charge in [0, 0.05) is 13.3 Å². The highest BCUT2D eigenvalue weighted by Gasteiger charge is 2.26. The molecule has 0 spiro atoms. The van der Waals surface area contributed by atoms with Crippen LogP contribution in [0.1, 0.15) is 68.7 Å². The maximum Gasteiger partial charge on any atom is 0.217 e. The molecule has 1 N–H and O–H groups in total. The van der Waals surface area contributed by atoms with Gasteiger partial charge in [0.25, 0.3) is 0 Å². The SMILES string of the molecule is CC(=O)NC(C)c1ccc(OC2CCC(CCc3cc4c(cc3C)OCCCO4)C2)cc1. The van der Waals surface area contributed by atoms with Gasteiger partial charge in [0.2, 0.25) is 5.91 Å². The number of rotatable bonds is 7. The van der Waals surface area contributed by atoms with Crippen molar-refractivity contribution in [3.63, 3.8) is 0 Å². The number of hydrogen-bond acceptors (Lipinski definition) is 4. The van der Waals surface area contributed by atoms with Gasteiger partial charge in [-0.1, -0.05) is 12.1 Å². The van der Waals surface area contributed by atoms with Gasteiger partial charge in [-0.15, -0.1) is 0 Å². The van der Waals surface area contributed by atoms with E-state index in [0.29, 0.717) is 5.92 Å². The minimum atomic E-state index is -0.0169. The Kier molecular flexibility index (Phi) is 7.23. The van der Waals surface area contributed by atoms with Crippen LogP contribution in [0.5, 0.6) is 17.2 Å². The smallest absolute Gasteiger partial charge is 0.217 e. The van der Waals surface area contributed by atoms with Crippen molar-refractivity contribution in [1.82, 2.24) is 5.32 Å². The summed E-state index contributed by atoms with van der Waals surface area (Å²) in [6.07, 6.45) is 6.88.